The summed E-state index contributed by atoms with van der Waals surface area (Å²) >= 11 is 19.6. The Balaban J connectivity index is 1.92. The van der Waals surface area contributed by atoms with E-state index in [-0.39, 0.29) is 16.1 Å². The highest BCUT2D eigenvalue weighted by atomic mass is 35.5. The maximum Gasteiger partial charge on any atom is 0.160 e. The largest absolute Gasteiger partial charge is 0.378 e. The summed E-state index contributed by atoms with van der Waals surface area (Å²) in [5, 5.41) is 4.10. The van der Waals surface area contributed by atoms with Gasteiger partial charge >= 0.3 is 0 Å². The van der Waals surface area contributed by atoms with Gasteiger partial charge < -0.3 is 5.32 Å². The van der Waals surface area contributed by atoms with Crippen molar-refractivity contribution in [1.29, 1.82) is 0 Å². The summed E-state index contributed by atoms with van der Waals surface area (Å²) in [4.78, 5) is 1.21. The van der Waals surface area contributed by atoms with E-state index in [0.717, 1.165) is 17.7 Å². The van der Waals surface area contributed by atoms with Gasteiger partial charge in [-0.3, -0.25) is 0 Å². The summed E-state index contributed by atoms with van der Waals surface area (Å²) < 4.78 is 13.5. The summed E-state index contributed by atoms with van der Waals surface area (Å²) in [5.41, 5.74) is 1.85. The van der Waals surface area contributed by atoms with E-state index in [0.29, 0.717) is 10.7 Å². The lowest BCUT2D eigenvalue weighted by Crippen LogP contribution is -2.16. The van der Waals surface area contributed by atoms with Gasteiger partial charge in [-0.05, 0) is 42.3 Å². The maximum atomic E-state index is 13.5. The molecule has 0 radical (unpaired) electrons. The van der Waals surface area contributed by atoms with Gasteiger partial charge in [-0.2, -0.15) is 0 Å². The Kier molecular flexibility index (Phi) is 4.55. The molecule has 0 spiro atoms. The van der Waals surface area contributed by atoms with Crippen molar-refractivity contribution in [3.8, 4) is 0 Å². The van der Waals surface area contributed by atoms with Gasteiger partial charge in [0.15, 0.2) is 5.82 Å². The summed E-state index contributed by atoms with van der Waals surface area (Å²) in [6, 6.07) is 9.09. The molecule has 1 N–H and O–H groups in total. The quantitative estimate of drug-likeness (QED) is 0.617. The topological polar surface area (TPSA) is 12.0 Å². The van der Waals surface area contributed by atoms with Gasteiger partial charge in [-0.1, -0.05) is 34.8 Å². The maximum absolute atomic E-state index is 13.5. The zero-order valence-corrected chi connectivity index (χ0v) is 13.9. The number of hydrogen-bond donors (Lipinski definition) is 1. The standard InChI is InChI=1S/C15H11Cl3FNS/c16-8-1-2-14-10(5-8)13(3-4-21-14)20-9-6-11(17)15(19)12(18)7-9/h1-2,5-7,13,20H,3-4H2. The fourth-order valence-corrected chi connectivity index (χ4v) is 4.13. The molecule has 6 heteroatoms. The zero-order chi connectivity index (χ0) is 15.0. The average Bonchev–Trinajstić information content (AvgIpc) is 2.45. The van der Waals surface area contributed by atoms with Crippen LogP contribution in [0.2, 0.25) is 15.1 Å². The molecule has 2 aromatic carbocycles. The molecule has 0 saturated heterocycles. The first-order chi connectivity index (χ1) is 10.0. The summed E-state index contributed by atoms with van der Waals surface area (Å²) in [6.45, 7) is 0. The lowest BCUT2D eigenvalue weighted by Gasteiger charge is -2.27. The third-order valence-corrected chi connectivity index (χ3v) is 5.24. The van der Waals surface area contributed by atoms with E-state index in [2.05, 4.69) is 5.32 Å². The van der Waals surface area contributed by atoms with Gasteiger partial charge in [0.2, 0.25) is 0 Å². The van der Waals surface area contributed by atoms with Gasteiger partial charge in [0.25, 0.3) is 0 Å². The van der Waals surface area contributed by atoms with Crippen molar-refractivity contribution >= 4 is 52.3 Å². The van der Waals surface area contributed by atoms with Gasteiger partial charge in [0, 0.05) is 21.4 Å². The Morgan fingerprint density at radius 1 is 1.10 bits per heavy atom. The minimum absolute atomic E-state index is 0.0153. The van der Waals surface area contributed by atoms with Crippen LogP contribution in [-0.2, 0) is 0 Å². The van der Waals surface area contributed by atoms with Crippen LogP contribution in [0.25, 0.3) is 0 Å². The predicted molar refractivity (Wildman–Crippen MR) is 89.6 cm³/mol. The fraction of sp³-hybridized carbons (Fsp3) is 0.200. The van der Waals surface area contributed by atoms with Crippen molar-refractivity contribution < 1.29 is 4.39 Å². The van der Waals surface area contributed by atoms with Crippen LogP contribution < -0.4 is 5.32 Å². The van der Waals surface area contributed by atoms with Crippen molar-refractivity contribution in [3.63, 3.8) is 0 Å². The molecule has 1 aliphatic rings. The number of nitrogens with one attached hydrogen (secondary N) is 1. The molecule has 1 unspecified atom stereocenters. The minimum atomic E-state index is -0.591. The second-order valence-electron chi connectivity index (χ2n) is 4.77. The lowest BCUT2D eigenvalue weighted by atomic mass is 10.0. The minimum Gasteiger partial charge on any atom is -0.378 e. The summed E-state index contributed by atoms with van der Waals surface area (Å²) in [7, 11) is 0. The van der Waals surface area contributed by atoms with Crippen LogP contribution in [0.1, 0.15) is 18.0 Å². The molecule has 0 fully saturated rings. The molecule has 1 heterocycles. The first-order valence-electron chi connectivity index (χ1n) is 6.38. The van der Waals surface area contributed by atoms with Crippen LogP contribution >= 0.6 is 46.6 Å². The summed E-state index contributed by atoms with van der Waals surface area (Å²) in [5.74, 6) is 0.418. The Morgan fingerprint density at radius 2 is 1.81 bits per heavy atom. The molecule has 1 aliphatic heterocycles. The zero-order valence-electron chi connectivity index (χ0n) is 10.8. The highest BCUT2D eigenvalue weighted by Gasteiger charge is 2.21. The van der Waals surface area contributed by atoms with Crippen LogP contribution in [0.4, 0.5) is 10.1 Å². The second kappa shape index (κ2) is 6.25. The number of fused-ring (bicyclic) bond motifs is 1. The van der Waals surface area contributed by atoms with E-state index >= 15 is 0 Å². The number of rotatable bonds is 2. The molecule has 0 aromatic heterocycles. The molecule has 0 bridgehead atoms. The Morgan fingerprint density at radius 3 is 2.52 bits per heavy atom. The van der Waals surface area contributed by atoms with Crippen LogP contribution in [-0.4, -0.2) is 5.75 Å². The lowest BCUT2D eigenvalue weighted by molar-refractivity contribution is 0.628. The van der Waals surface area contributed by atoms with E-state index in [9.17, 15) is 4.39 Å². The normalized spacial score (nSPS) is 17.4. The molecule has 110 valence electrons. The van der Waals surface area contributed by atoms with Crippen LogP contribution in [0, 0.1) is 5.82 Å². The Hall–Kier alpha value is -0.610. The van der Waals surface area contributed by atoms with E-state index in [4.69, 9.17) is 34.8 Å². The molecular formula is C15H11Cl3FNS. The number of anilines is 1. The fourth-order valence-electron chi connectivity index (χ4n) is 2.36. The Bertz CT molecular complexity index is 670. The van der Waals surface area contributed by atoms with Crippen molar-refractivity contribution in [1.82, 2.24) is 0 Å². The van der Waals surface area contributed by atoms with Crippen molar-refractivity contribution in [2.24, 2.45) is 0 Å². The third kappa shape index (κ3) is 3.26. The molecule has 0 amide bonds. The van der Waals surface area contributed by atoms with E-state index < -0.39 is 5.82 Å². The molecule has 0 aliphatic carbocycles. The molecule has 21 heavy (non-hydrogen) atoms. The van der Waals surface area contributed by atoms with Crippen LogP contribution in [0.15, 0.2) is 35.2 Å². The SMILES string of the molecule is Fc1c(Cl)cc(NC2CCSc3ccc(Cl)cc32)cc1Cl. The highest BCUT2D eigenvalue weighted by Crippen LogP contribution is 2.40. The Labute approximate surface area is 141 Å². The number of benzene rings is 2. The van der Waals surface area contributed by atoms with Crippen molar-refractivity contribution in [2.75, 3.05) is 11.1 Å². The first-order valence-corrected chi connectivity index (χ1v) is 8.50. The highest BCUT2D eigenvalue weighted by molar-refractivity contribution is 7.99. The van der Waals surface area contributed by atoms with Gasteiger partial charge in [-0.25, -0.2) is 4.39 Å². The van der Waals surface area contributed by atoms with E-state index in [1.807, 2.05) is 30.0 Å². The van der Waals surface area contributed by atoms with Gasteiger partial charge in [0.05, 0.1) is 16.1 Å². The number of thioether (sulfide) groups is 1. The smallest absolute Gasteiger partial charge is 0.160 e. The average molecular weight is 363 g/mol. The van der Waals surface area contributed by atoms with E-state index in [1.165, 1.54) is 4.90 Å². The van der Waals surface area contributed by atoms with Crippen molar-refractivity contribution in [2.45, 2.75) is 17.4 Å². The number of hydrogen-bond acceptors (Lipinski definition) is 2. The molecule has 1 atom stereocenters. The van der Waals surface area contributed by atoms with Crippen LogP contribution in [0.3, 0.4) is 0 Å². The monoisotopic (exact) mass is 361 g/mol. The molecule has 0 saturated carbocycles. The van der Waals surface area contributed by atoms with E-state index in [1.54, 1.807) is 12.1 Å². The van der Waals surface area contributed by atoms with Crippen molar-refractivity contribution in [3.05, 3.63) is 56.8 Å². The third-order valence-electron chi connectivity index (χ3n) is 3.34. The summed E-state index contributed by atoms with van der Waals surface area (Å²) in [6.07, 6.45) is 0.949. The van der Waals surface area contributed by atoms with Gasteiger partial charge in [-0.15, -0.1) is 11.8 Å². The molecule has 3 rings (SSSR count). The molecule has 2 aromatic rings. The second-order valence-corrected chi connectivity index (χ2v) is 7.16. The molecular weight excluding hydrogens is 352 g/mol. The first kappa shape index (κ1) is 15.3. The van der Waals surface area contributed by atoms with Crippen LogP contribution in [0.5, 0.6) is 0 Å². The predicted octanol–water partition coefficient (Wildman–Crippen LogP) is 6.43. The number of halogens is 4. The van der Waals surface area contributed by atoms with Gasteiger partial charge in [0.1, 0.15) is 0 Å². The molecule has 1 nitrogen and oxygen atoms in total.